The molecule has 0 fully saturated rings. The third kappa shape index (κ3) is 2.85. The molecule has 0 aliphatic heterocycles. The van der Waals surface area contributed by atoms with Crippen molar-refractivity contribution in [3.63, 3.8) is 0 Å². The van der Waals surface area contributed by atoms with E-state index in [4.69, 9.17) is 5.11 Å². The van der Waals surface area contributed by atoms with E-state index in [0.29, 0.717) is 6.41 Å². The van der Waals surface area contributed by atoms with Crippen LogP contribution in [-0.4, -0.2) is 17.5 Å². The Labute approximate surface area is 85.6 Å². The van der Waals surface area contributed by atoms with Crippen LogP contribution in [0.2, 0.25) is 0 Å². The Bertz CT molecular complexity index is 335. The van der Waals surface area contributed by atoms with Crippen LogP contribution in [0.5, 0.6) is 0 Å². The summed E-state index contributed by atoms with van der Waals surface area (Å²) in [5.41, 5.74) is 0. The Morgan fingerprint density at radius 1 is 1.71 bits per heavy atom. The van der Waals surface area contributed by atoms with Gasteiger partial charge in [-0.2, -0.15) is 0 Å². The molecule has 1 aromatic heterocycles. The number of carboxylic acids is 1. The maximum atomic E-state index is 10.5. The molecule has 0 bridgehead atoms. The molecule has 1 atom stereocenters. The van der Waals surface area contributed by atoms with E-state index in [-0.39, 0.29) is 6.42 Å². The van der Waals surface area contributed by atoms with Gasteiger partial charge in [0.15, 0.2) is 0 Å². The number of aryl methyl sites for hydroxylation is 1. The number of hydrogen-bond donors (Lipinski definition) is 2. The van der Waals surface area contributed by atoms with E-state index in [1.807, 2.05) is 19.1 Å². The minimum atomic E-state index is -0.921. The first-order valence-corrected chi connectivity index (χ1v) is 4.93. The molecule has 0 saturated carbocycles. The minimum absolute atomic E-state index is 0.0846. The molecule has 0 saturated heterocycles. The zero-order chi connectivity index (χ0) is 10.6. The van der Waals surface area contributed by atoms with E-state index >= 15 is 0 Å². The molecule has 4 nitrogen and oxygen atoms in total. The van der Waals surface area contributed by atoms with Crippen LogP contribution in [0.1, 0.15) is 22.2 Å². The Hall–Kier alpha value is -1.36. The van der Waals surface area contributed by atoms with Crippen LogP contribution in [0.25, 0.3) is 0 Å². The Kier molecular flexibility index (Phi) is 3.64. The molecule has 14 heavy (non-hydrogen) atoms. The molecule has 0 aromatic carbocycles. The van der Waals surface area contributed by atoms with Gasteiger partial charge < -0.3 is 10.4 Å². The molecule has 1 aromatic rings. The summed E-state index contributed by atoms with van der Waals surface area (Å²) < 4.78 is 0. The first-order valence-electron chi connectivity index (χ1n) is 4.11. The summed E-state index contributed by atoms with van der Waals surface area (Å²) >= 11 is 1.49. The van der Waals surface area contributed by atoms with Crippen molar-refractivity contribution in [2.24, 2.45) is 0 Å². The van der Waals surface area contributed by atoms with Crippen LogP contribution < -0.4 is 5.32 Å². The van der Waals surface area contributed by atoms with E-state index in [9.17, 15) is 9.59 Å². The topological polar surface area (TPSA) is 66.4 Å². The second-order valence-corrected chi connectivity index (χ2v) is 4.20. The molecular formula is C9H11NO3S. The van der Waals surface area contributed by atoms with E-state index in [2.05, 4.69) is 5.32 Å². The lowest BCUT2D eigenvalue weighted by atomic mass is 10.2. The number of rotatable bonds is 5. The molecule has 0 aliphatic rings. The fourth-order valence-electron chi connectivity index (χ4n) is 1.14. The normalized spacial score (nSPS) is 12.1. The fraction of sp³-hybridized carbons (Fsp3) is 0.333. The highest BCUT2D eigenvalue weighted by Gasteiger charge is 2.15. The maximum Gasteiger partial charge on any atom is 0.305 e. The standard InChI is InChI=1S/C9H11NO3S/c1-6-2-3-8(14-6)7(10-5-11)4-9(12)13/h2-3,5,7H,4H2,1H3,(H,10,11)(H,12,13)/t7-/m1/s1. The quantitative estimate of drug-likeness (QED) is 0.725. The van der Waals surface area contributed by atoms with E-state index in [1.54, 1.807) is 0 Å². The number of carbonyl (C=O) groups excluding carboxylic acids is 1. The van der Waals surface area contributed by atoms with Crippen molar-refractivity contribution < 1.29 is 14.7 Å². The molecule has 0 spiro atoms. The summed E-state index contributed by atoms with van der Waals surface area (Å²) in [4.78, 5) is 22.8. The van der Waals surface area contributed by atoms with Crippen LogP contribution in [0, 0.1) is 6.92 Å². The van der Waals surface area contributed by atoms with Crippen molar-refractivity contribution in [3.8, 4) is 0 Å². The summed E-state index contributed by atoms with van der Waals surface area (Å²) in [5, 5.41) is 11.1. The van der Waals surface area contributed by atoms with E-state index < -0.39 is 12.0 Å². The van der Waals surface area contributed by atoms with Gasteiger partial charge in [0.25, 0.3) is 0 Å². The van der Waals surface area contributed by atoms with Crippen LogP contribution in [0.15, 0.2) is 12.1 Å². The van der Waals surface area contributed by atoms with Crippen molar-refractivity contribution in [2.75, 3.05) is 0 Å². The van der Waals surface area contributed by atoms with Crippen LogP contribution in [-0.2, 0) is 9.59 Å². The number of nitrogens with one attached hydrogen (secondary N) is 1. The summed E-state index contributed by atoms with van der Waals surface area (Å²) in [7, 11) is 0. The summed E-state index contributed by atoms with van der Waals surface area (Å²) in [5.74, 6) is -0.921. The number of carboxylic acid groups (broad SMARTS) is 1. The molecule has 0 radical (unpaired) electrons. The van der Waals surface area contributed by atoms with Crippen molar-refractivity contribution >= 4 is 23.7 Å². The van der Waals surface area contributed by atoms with Crippen LogP contribution in [0.3, 0.4) is 0 Å². The van der Waals surface area contributed by atoms with Gasteiger partial charge in [0.05, 0.1) is 12.5 Å². The molecule has 0 unspecified atom stereocenters. The second kappa shape index (κ2) is 4.76. The van der Waals surface area contributed by atoms with Crippen molar-refractivity contribution in [1.29, 1.82) is 0 Å². The van der Waals surface area contributed by atoms with Gasteiger partial charge in [0.2, 0.25) is 6.41 Å². The summed E-state index contributed by atoms with van der Waals surface area (Å²) in [6.45, 7) is 1.94. The lowest BCUT2D eigenvalue weighted by Gasteiger charge is -2.10. The van der Waals surface area contributed by atoms with Crippen LogP contribution >= 0.6 is 11.3 Å². The maximum absolute atomic E-state index is 10.5. The average molecular weight is 213 g/mol. The van der Waals surface area contributed by atoms with E-state index in [1.165, 1.54) is 11.3 Å². The number of aliphatic carboxylic acids is 1. The average Bonchev–Trinajstić information content (AvgIpc) is 2.50. The van der Waals surface area contributed by atoms with Gasteiger partial charge in [-0.3, -0.25) is 9.59 Å². The molecule has 1 amide bonds. The zero-order valence-corrected chi connectivity index (χ0v) is 8.50. The SMILES string of the molecule is Cc1ccc([C@@H](CC(=O)O)NC=O)s1. The monoisotopic (exact) mass is 213 g/mol. The Morgan fingerprint density at radius 2 is 2.43 bits per heavy atom. The van der Waals surface area contributed by atoms with Crippen molar-refractivity contribution in [3.05, 3.63) is 21.9 Å². The predicted octanol–water partition coefficient (Wildman–Crippen LogP) is 1.32. The van der Waals surface area contributed by atoms with Gasteiger partial charge in [-0.1, -0.05) is 0 Å². The Balaban J connectivity index is 2.76. The second-order valence-electron chi connectivity index (χ2n) is 2.88. The molecule has 1 heterocycles. The number of carbonyl (C=O) groups is 2. The molecule has 2 N–H and O–H groups in total. The molecule has 5 heteroatoms. The third-order valence-corrected chi connectivity index (χ3v) is 2.87. The fourth-order valence-corrected chi connectivity index (χ4v) is 2.08. The minimum Gasteiger partial charge on any atom is -0.481 e. The van der Waals surface area contributed by atoms with E-state index in [0.717, 1.165) is 9.75 Å². The summed E-state index contributed by atoms with van der Waals surface area (Å²) in [6.07, 6.45) is 0.446. The van der Waals surface area contributed by atoms with Crippen molar-refractivity contribution in [1.82, 2.24) is 5.32 Å². The lowest BCUT2D eigenvalue weighted by Crippen LogP contribution is -2.21. The van der Waals surface area contributed by atoms with Crippen LogP contribution in [0.4, 0.5) is 0 Å². The molecule has 1 rings (SSSR count). The largest absolute Gasteiger partial charge is 0.481 e. The zero-order valence-electron chi connectivity index (χ0n) is 7.69. The van der Waals surface area contributed by atoms with Gasteiger partial charge in [0.1, 0.15) is 0 Å². The van der Waals surface area contributed by atoms with Gasteiger partial charge in [-0.25, -0.2) is 0 Å². The third-order valence-electron chi connectivity index (χ3n) is 1.75. The first-order chi connectivity index (χ1) is 6.63. The first kappa shape index (κ1) is 10.7. The highest BCUT2D eigenvalue weighted by atomic mass is 32.1. The summed E-state index contributed by atoms with van der Waals surface area (Å²) in [6, 6.07) is 3.33. The molecule has 76 valence electrons. The lowest BCUT2D eigenvalue weighted by molar-refractivity contribution is -0.137. The number of hydrogen-bond acceptors (Lipinski definition) is 3. The molecular weight excluding hydrogens is 202 g/mol. The Morgan fingerprint density at radius 3 is 2.86 bits per heavy atom. The van der Waals surface area contributed by atoms with Crippen molar-refractivity contribution in [2.45, 2.75) is 19.4 Å². The molecule has 0 aliphatic carbocycles. The smallest absolute Gasteiger partial charge is 0.305 e. The highest BCUT2D eigenvalue weighted by Crippen LogP contribution is 2.24. The predicted molar refractivity (Wildman–Crippen MR) is 53.2 cm³/mol. The number of thiophene rings is 1. The number of amides is 1. The van der Waals surface area contributed by atoms with Gasteiger partial charge in [0, 0.05) is 9.75 Å². The highest BCUT2D eigenvalue weighted by molar-refractivity contribution is 7.12. The van der Waals surface area contributed by atoms with Gasteiger partial charge >= 0.3 is 5.97 Å². The van der Waals surface area contributed by atoms with Gasteiger partial charge in [-0.15, -0.1) is 11.3 Å². The van der Waals surface area contributed by atoms with Gasteiger partial charge in [-0.05, 0) is 19.1 Å².